The molecule has 0 unspecified atom stereocenters. The summed E-state index contributed by atoms with van der Waals surface area (Å²) in [5, 5.41) is 12.1. The van der Waals surface area contributed by atoms with E-state index in [0.717, 1.165) is 42.1 Å². The summed E-state index contributed by atoms with van der Waals surface area (Å²) < 4.78 is 18.2. The number of amides is 1. The van der Waals surface area contributed by atoms with Crippen molar-refractivity contribution < 1.29 is 19.0 Å². The molecule has 1 amide bonds. The molecule has 156 valence electrons. The maximum atomic E-state index is 12.6. The zero-order valence-electron chi connectivity index (χ0n) is 16.6. The van der Waals surface area contributed by atoms with E-state index in [0.29, 0.717) is 25.5 Å². The molecular formula is C19H25N5O4S. The molecule has 1 saturated heterocycles. The summed E-state index contributed by atoms with van der Waals surface area (Å²) in [6.07, 6.45) is 0. The number of fused-ring (bicyclic) bond motifs is 1. The minimum absolute atomic E-state index is 0.0498. The Morgan fingerprint density at radius 3 is 2.83 bits per heavy atom. The summed E-state index contributed by atoms with van der Waals surface area (Å²) in [5.74, 6) is 2.24. The smallest absolute Gasteiger partial charge is 0.233 e. The van der Waals surface area contributed by atoms with Gasteiger partial charge in [0, 0.05) is 26.2 Å². The van der Waals surface area contributed by atoms with Gasteiger partial charge in [-0.1, -0.05) is 17.8 Å². The van der Waals surface area contributed by atoms with E-state index < -0.39 is 0 Å². The van der Waals surface area contributed by atoms with Crippen LogP contribution in [0.4, 0.5) is 5.95 Å². The molecule has 1 aromatic carbocycles. The second-order valence-corrected chi connectivity index (χ2v) is 8.10. The van der Waals surface area contributed by atoms with Gasteiger partial charge >= 0.3 is 0 Å². The first-order chi connectivity index (χ1) is 14.2. The van der Waals surface area contributed by atoms with Crippen LogP contribution < -0.4 is 19.7 Å². The molecule has 0 aliphatic carbocycles. The van der Waals surface area contributed by atoms with E-state index in [1.807, 2.05) is 25.1 Å². The molecule has 2 aromatic rings. The van der Waals surface area contributed by atoms with Crippen molar-refractivity contribution in [3.8, 4) is 11.5 Å². The van der Waals surface area contributed by atoms with Gasteiger partial charge in [0.1, 0.15) is 0 Å². The SMILES string of the molecule is CCn1c(S[C@H](C)C(=O)NCc2ccc3c(c2)OCO3)nnc1N1CCOCC1. The standard InChI is InChI=1S/C19H25N5O4S/c1-3-24-18(23-6-8-26-9-7-23)21-22-19(24)29-13(2)17(25)20-11-14-4-5-15-16(10-14)28-12-27-15/h4-5,10,13H,3,6-9,11-12H2,1-2H3,(H,20,25)/t13-/m1/s1. The molecule has 2 aliphatic heterocycles. The van der Waals surface area contributed by atoms with Gasteiger partial charge in [-0.25, -0.2) is 0 Å². The van der Waals surface area contributed by atoms with Crippen LogP contribution in [-0.4, -0.2) is 59.0 Å². The first-order valence-corrected chi connectivity index (χ1v) is 10.6. The van der Waals surface area contributed by atoms with Gasteiger partial charge in [0.15, 0.2) is 16.7 Å². The lowest BCUT2D eigenvalue weighted by atomic mass is 10.2. The van der Waals surface area contributed by atoms with Crippen LogP contribution in [0.25, 0.3) is 0 Å². The van der Waals surface area contributed by atoms with Crippen LogP contribution in [0, 0.1) is 0 Å². The van der Waals surface area contributed by atoms with E-state index in [1.165, 1.54) is 11.8 Å². The predicted octanol–water partition coefficient (Wildman–Crippen LogP) is 1.66. The maximum absolute atomic E-state index is 12.6. The molecule has 0 spiro atoms. The minimum atomic E-state index is -0.295. The monoisotopic (exact) mass is 419 g/mol. The largest absolute Gasteiger partial charge is 0.454 e. The third-order valence-electron chi connectivity index (χ3n) is 4.86. The third-order valence-corrected chi connectivity index (χ3v) is 5.94. The predicted molar refractivity (Wildman–Crippen MR) is 108 cm³/mol. The van der Waals surface area contributed by atoms with E-state index in [4.69, 9.17) is 14.2 Å². The number of hydrogen-bond donors (Lipinski definition) is 1. The normalized spacial score (nSPS) is 16.7. The van der Waals surface area contributed by atoms with Crippen molar-refractivity contribution in [1.29, 1.82) is 0 Å². The number of anilines is 1. The van der Waals surface area contributed by atoms with Crippen molar-refractivity contribution in [2.75, 3.05) is 38.0 Å². The minimum Gasteiger partial charge on any atom is -0.454 e. The van der Waals surface area contributed by atoms with Crippen molar-refractivity contribution in [3.05, 3.63) is 23.8 Å². The topological polar surface area (TPSA) is 90.7 Å². The number of nitrogens with one attached hydrogen (secondary N) is 1. The number of ether oxygens (including phenoxy) is 3. The lowest BCUT2D eigenvalue weighted by Crippen LogP contribution is -2.38. The van der Waals surface area contributed by atoms with E-state index in [-0.39, 0.29) is 18.0 Å². The average Bonchev–Trinajstić information content (AvgIpc) is 3.38. The summed E-state index contributed by atoms with van der Waals surface area (Å²) in [7, 11) is 0. The van der Waals surface area contributed by atoms with Crippen molar-refractivity contribution in [2.45, 2.75) is 37.3 Å². The third kappa shape index (κ3) is 4.43. The number of hydrogen-bond acceptors (Lipinski definition) is 8. The molecule has 3 heterocycles. The molecule has 9 nitrogen and oxygen atoms in total. The zero-order chi connectivity index (χ0) is 20.2. The average molecular weight is 420 g/mol. The molecule has 1 aromatic heterocycles. The Balaban J connectivity index is 1.35. The van der Waals surface area contributed by atoms with Crippen LogP contribution in [0.5, 0.6) is 11.5 Å². The molecular weight excluding hydrogens is 394 g/mol. The number of benzene rings is 1. The second kappa shape index (κ2) is 8.91. The van der Waals surface area contributed by atoms with E-state index in [1.54, 1.807) is 0 Å². The highest BCUT2D eigenvalue weighted by molar-refractivity contribution is 8.00. The Morgan fingerprint density at radius 2 is 2.03 bits per heavy atom. The summed E-state index contributed by atoms with van der Waals surface area (Å²) in [6, 6.07) is 5.68. The van der Waals surface area contributed by atoms with Gasteiger partial charge in [0.2, 0.25) is 18.6 Å². The second-order valence-electron chi connectivity index (χ2n) is 6.79. The lowest BCUT2D eigenvalue weighted by molar-refractivity contribution is -0.120. The number of nitrogens with zero attached hydrogens (tertiary/aromatic N) is 4. The van der Waals surface area contributed by atoms with Crippen LogP contribution in [0.1, 0.15) is 19.4 Å². The van der Waals surface area contributed by atoms with E-state index in [9.17, 15) is 4.79 Å². The van der Waals surface area contributed by atoms with Gasteiger partial charge in [-0.3, -0.25) is 9.36 Å². The Hall–Kier alpha value is -2.46. The van der Waals surface area contributed by atoms with Crippen LogP contribution >= 0.6 is 11.8 Å². The van der Waals surface area contributed by atoms with Gasteiger partial charge in [-0.2, -0.15) is 0 Å². The van der Waals surface area contributed by atoms with Crippen molar-refractivity contribution in [3.63, 3.8) is 0 Å². The quantitative estimate of drug-likeness (QED) is 0.678. The highest BCUT2D eigenvalue weighted by Gasteiger charge is 2.23. The molecule has 1 fully saturated rings. The van der Waals surface area contributed by atoms with Crippen molar-refractivity contribution in [1.82, 2.24) is 20.1 Å². The van der Waals surface area contributed by atoms with Crippen LogP contribution in [0.2, 0.25) is 0 Å². The fourth-order valence-electron chi connectivity index (χ4n) is 3.24. The molecule has 29 heavy (non-hydrogen) atoms. The summed E-state index contributed by atoms with van der Waals surface area (Å²) in [6.45, 7) is 8.33. The summed E-state index contributed by atoms with van der Waals surface area (Å²) >= 11 is 1.42. The Morgan fingerprint density at radius 1 is 1.24 bits per heavy atom. The Kier molecular flexibility index (Phi) is 6.10. The molecule has 0 radical (unpaired) electrons. The van der Waals surface area contributed by atoms with Gasteiger partial charge in [-0.15, -0.1) is 10.2 Å². The van der Waals surface area contributed by atoms with Crippen molar-refractivity contribution >= 4 is 23.6 Å². The number of rotatable bonds is 7. The van der Waals surface area contributed by atoms with Crippen LogP contribution in [0.3, 0.4) is 0 Å². The van der Waals surface area contributed by atoms with Gasteiger partial charge < -0.3 is 24.4 Å². The van der Waals surface area contributed by atoms with Crippen LogP contribution in [0.15, 0.2) is 23.4 Å². The first kappa shape index (κ1) is 19.8. The first-order valence-electron chi connectivity index (χ1n) is 9.74. The zero-order valence-corrected chi connectivity index (χ0v) is 17.4. The number of carbonyl (C=O) groups excluding carboxylic acids is 1. The molecule has 0 bridgehead atoms. The summed E-state index contributed by atoms with van der Waals surface area (Å²) in [5.41, 5.74) is 0.964. The highest BCUT2D eigenvalue weighted by atomic mass is 32.2. The molecule has 0 saturated carbocycles. The molecule has 1 atom stereocenters. The van der Waals surface area contributed by atoms with Gasteiger partial charge in [0.25, 0.3) is 0 Å². The van der Waals surface area contributed by atoms with Gasteiger partial charge in [0.05, 0.1) is 18.5 Å². The molecule has 4 rings (SSSR count). The Labute approximate surface area is 173 Å². The molecule has 2 aliphatic rings. The van der Waals surface area contributed by atoms with E-state index >= 15 is 0 Å². The fraction of sp³-hybridized carbons (Fsp3) is 0.526. The maximum Gasteiger partial charge on any atom is 0.233 e. The van der Waals surface area contributed by atoms with Crippen molar-refractivity contribution in [2.24, 2.45) is 0 Å². The number of thioether (sulfide) groups is 1. The Bertz CT molecular complexity index is 868. The van der Waals surface area contributed by atoms with Crippen LogP contribution in [-0.2, 0) is 22.6 Å². The molecule has 10 heteroatoms. The number of carbonyl (C=O) groups is 1. The van der Waals surface area contributed by atoms with Gasteiger partial charge in [-0.05, 0) is 31.5 Å². The van der Waals surface area contributed by atoms with E-state index in [2.05, 4.69) is 31.9 Å². The molecule has 1 N–H and O–H groups in total. The number of aromatic nitrogens is 3. The highest BCUT2D eigenvalue weighted by Crippen LogP contribution is 2.32. The number of morpholine rings is 1. The summed E-state index contributed by atoms with van der Waals surface area (Å²) in [4.78, 5) is 14.8. The fourth-order valence-corrected chi connectivity index (χ4v) is 4.17. The lowest BCUT2D eigenvalue weighted by Gasteiger charge is -2.27.